The summed E-state index contributed by atoms with van der Waals surface area (Å²) in [5.74, 6) is 0.864. The number of hydrogen-bond acceptors (Lipinski definition) is 3. The molecule has 2 N–H and O–H groups in total. The molecule has 1 aromatic rings. The van der Waals surface area contributed by atoms with Crippen LogP contribution in [0.5, 0.6) is 5.75 Å². The Labute approximate surface area is 111 Å². The molecule has 0 saturated heterocycles. The summed E-state index contributed by atoms with van der Waals surface area (Å²) >= 11 is 3.45. The molecule has 0 aliphatic rings. The lowest BCUT2D eigenvalue weighted by Crippen LogP contribution is -3.00. The minimum atomic E-state index is 0. The smallest absolute Gasteiger partial charge is 0.133 e. The van der Waals surface area contributed by atoms with E-state index in [1.165, 1.54) is 5.56 Å². The molecule has 1 rings (SSSR count). The van der Waals surface area contributed by atoms with E-state index in [9.17, 15) is 0 Å². The van der Waals surface area contributed by atoms with Crippen LogP contribution in [0.3, 0.4) is 0 Å². The number of benzene rings is 1. The maximum atomic E-state index is 8.62. The molecule has 0 aliphatic heterocycles. The number of halogens is 2. The van der Waals surface area contributed by atoms with Crippen LogP contribution in [0.4, 0.5) is 0 Å². The quantitative estimate of drug-likeness (QED) is 0.658. The minimum Gasteiger partial charge on any atom is -1.00 e. The first-order chi connectivity index (χ1) is 7.27. The summed E-state index contributed by atoms with van der Waals surface area (Å²) in [6.45, 7) is 4.17. The van der Waals surface area contributed by atoms with Gasteiger partial charge in [0, 0.05) is 13.1 Å². The largest absolute Gasteiger partial charge is 1.00 e. The number of nitrogens with one attached hydrogen (secondary N) is 1. The van der Waals surface area contributed by atoms with Crippen LogP contribution in [0.2, 0.25) is 0 Å². The summed E-state index contributed by atoms with van der Waals surface area (Å²) < 4.78 is 6.38. The second kappa shape index (κ2) is 8.82. The van der Waals surface area contributed by atoms with Gasteiger partial charge in [0.25, 0.3) is 0 Å². The van der Waals surface area contributed by atoms with Crippen LogP contribution >= 0.6 is 15.9 Å². The second-order valence-corrected chi connectivity index (χ2v) is 3.95. The molecule has 0 spiro atoms. The maximum Gasteiger partial charge on any atom is 0.133 e. The Morgan fingerprint density at radius 1 is 1.44 bits per heavy atom. The molecule has 0 saturated carbocycles. The van der Waals surface area contributed by atoms with Gasteiger partial charge in [-0.05, 0) is 40.5 Å². The third kappa shape index (κ3) is 5.16. The van der Waals surface area contributed by atoms with Crippen molar-refractivity contribution >= 4 is 15.9 Å². The summed E-state index contributed by atoms with van der Waals surface area (Å²) in [7, 11) is 0. The molecule has 1 aromatic carbocycles. The van der Waals surface area contributed by atoms with Crippen molar-refractivity contribution in [2.75, 3.05) is 19.8 Å². The third-order valence-electron chi connectivity index (χ3n) is 1.91. The van der Waals surface area contributed by atoms with E-state index in [0.29, 0.717) is 13.2 Å². The van der Waals surface area contributed by atoms with E-state index in [2.05, 4.69) is 21.2 Å². The second-order valence-electron chi connectivity index (χ2n) is 3.10. The summed E-state index contributed by atoms with van der Waals surface area (Å²) in [4.78, 5) is 0. The van der Waals surface area contributed by atoms with Crippen LogP contribution in [0.1, 0.15) is 12.5 Å². The summed E-state index contributed by atoms with van der Waals surface area (Å²) in [5.41, 5.74) is 1.17. The van der Waals surface area contributed by atoms with Crippen LogP contribution in [-0.2, 0) is 6.54 Å². The lowest BCUT2D eigenvalue weighted by molar-refractivity contribution is -0.00000465. The van der Waals surface area contributed by atoms with Gasteiger partial charge in [-0.1, -0.05) is 6.07 Å². The van der Waals surface area contributed by atoms with Crippen LogP contribution in [0.15, 0.2) is 22.7 Å². The first-order valence-corrected chi connectivity index (χ1v) is 5.80. The predicted octanol–water partition coefficient (Wildman–Crippen LogP) is -1.07. The first kappa shape index (κ1) is 15.7. The highest BCUT2D eigenvalue weighted by molar-refractivity contribution is 9.10. The average molecular weight is 310 g/mol. The predicted molar refractivity (Wildman–Crippen MR) is 64.1 cm³/mol. The molecule has 0 unspecified atom stereocenters. The fourth-order valence-electron chi connectivity index (χ4n) is 1.24. The number of rotatable bonds is 6. The van der Waals surface area contributed by atoms with Crippen molar-refractivity contribution in [3.63, 3.8) is 0 Å². The molecular formula is C11H16BrClNO2-. The molecule has 0 amide bonds. The number of aliphatic hydroxyl groups is 1. The van der Waals surface area contributed by atoms with Gasteiger partial charge in [0.15, 0.2) is 0 Å². The van der Waals surface area contributed by atoms with Crippen LogP contribution < -0.4 is 22.5 Å². The number of aliphatic hydroxyl groups excluding tert-OH is 1. The van der Waals surface area contributed by atoms with Gasteiger partial charge in [0.1, 0.15) is 5.75 Å². The molecule has 92 valence electrons. The summed E-state index contributed by atoms with van der Waals surface area (Å²) in [5, 5.41) is 11.7. The molecule has 0 atom stereocenters. The van der Waals surface area contributed by atoms with Gasteiger partial charge >= 0.3 is 0 Å². The van der Waals surface area contributed by atoms with E-state index < -0.39 is 0 Å². The van der Waals surface area contributed by atoms with Crippen molar-refractivity contribution in [3.05, 3.63) is 28.2 Å². The molecule has 0 aromatic heterocycles. The van der Waals surface area contributed by atoms with Crippen molar-refractivity contribution in [3.8, 4) is 5.75 Å². The Bertz CT molecular complexity index is 310. The molecule has 5 heteroatoms. The van der Waals surface area contributed by atoms with Gasteiger partial charge in [-0.15, -0.1) is 0 Å². The third-order valence-corrected chi connectivity index (χ3v) is 2.53. The van der Waals surface area contributed by atoms with Gasteiger partial charge in [0.2, 0.25) is 0 Å². The van der Waals surface area contributed by atoms with Gasteiger partial charge in [-0.2, -0.15) is 0 Å². The van der Waals surface area contributed by atoms with Gasteiger partial charge in [-0.3, -0.25) is 0 Å². The Hall–Kier alpha value is -0.290. The Morgan fingerprint density at radius 3 is 2.75 bits per heavy atom. The SMILES string of the molecule is CCOc1ccc(CNCCO)cc1Br.[Cl-]. The summed E-state index contributed by atoms with van der Waals surface area (Å²) in [6.07, 6.45) is 0. The monoisotopic (exact) mass is 308 g/mol. The summed E-state index contributed by atoms with van der Waals surface area (Å²) in [6, 6.07) is 5.99. The van der Waals surface area contributed by atoms with Crippen LogP contribution in [0, 0.1) is 0 Å². The van der Waals surface area contributed by atoms with Crippen molar-refractivity contribution in [2.24, 2.45) is 0 Å². The van der Waals surface area contributed by atoms with Crippen molar-refractivity contribution < 1.29 is 22.3 Å². The molecule has 0 fully saturated rings. The van der Waals surface area contributed by atoms with E-state index in [-0.39, 0.29) is 19.0 Å². The molecule has 3 nitrogen and oxygen atoms in total. The molecule has 16 heavy (non-hydrogen) atoms. The Kier molecular flexibility index (Phi) is 8.66. The average Bonchev–Trinajstić information content (AvgIpc) is 2.23. The topological polar surface area (TPSA) is 41.5 Å². The van der Waals surface area contributed by atoms with E-state index in [1.807, 2.05) is 25.1 Å². The van der Waals surface area contributed by atoms with Gasteiger partial charge < -0.3 is 27.6 Å². The molecular weight excluding hydrogens is 293 g/mol. The Balaban J connectivity index is 0.00000225. The zero-order valence-corrected chi connectivity index (χ0v) is 11.5. The van der Waals surface area contributed by atoms with Crippen molar-refractivity contribution in [2.45, 2.75) is 13.5 Å². The fraction of sp³-hybridized carbons (Fsp3) is 0.455. The standard InChI is InChI=1S/C11H16BrNO2.ClH/c1-2-15-11-4-3-9(7-10(11)12)8-13-5-6-14;/h3-4,7,13-14H,2,5-6,8H2,1H3;1H/p-1. The van der Waals surface area contributed by atoms with Gasteiger partial charge in [0.05, 0.1) is 17.7 Å². The first-order valence-electron chi connectivity index (χ1n) is 5.00. The minimum absolute atomic E-state index is 0. The normalized spacial score (nSPS) is 9.69. The fourth-order valence-corrected chi connectivity index (χ4v) is 1.78. The highest BCUT2D eigenvalue weighted by Crippen LogP contribution is 2.25. The molecule has 0 radical (unpaired) electrons. The van der Waals surface area contributed by atoms with Crippen molar-refractivity contribution in [1.82, 2.24) is 5.32 Å². The van der Waals surface area contributed by atoms with Gasteiger partial charge in [-0.25, -0.2) is 0 Å². The zero-order chi connectivity index (χ0) is 11.1. The highest BCUT2D eigenvalue weighted by atomic mass is 79.9. The van der Waals surface area contributed by atoms with E-state index in [0.717, 1.165) is 16.8 Å². The number of hydrogen-bond donors (Lipinski definition) is 2. The number of ether oxygens (including phenoxy) is 1. The molecule has 0 bridgehead atoms. The Morgan fingerprint density at radius 2 is 2.19 bits per heavy atom. The van der Waals surface area contributed by atoms with E-state index >= 15 is 0 Å². The maximum absolute atomic E-state index is 8.62. The van der Waals surface area contributed by atoms with Crippen LogP contribution in [-0.4, -0.2) is 24.9 Å². The molecule has 0 aliphatic carbocycles. The van der Waals surface area contributed by atoms with E-state index in [1.54, 1.807) is 0 Å². The zero-order valence-electron chi connectivity index (χ0n) is 9.17. The lowest BCUT2D eigenvalue weighted by Gasteiger charge is -2.08. The van der Waals surface area contributed by atoms with Crippen molar-refractivity contribution in [1.29, 1.82) is 0 Å². The molecule has 0 heterocycles. The highest BCUT2D eigenvalue weighted by Gasteiger charge is 2.01. The van der Waals surface area contributed by atoms with E-state index in [4.69, 9.17) is 9.84 Å². The van der Waals surface area contributed by atoms with Crippen LogP contribution in [0.25, 0.3) is 0 Å². The lowest BCUT2D eigenvalue weighted by atomic mass is 10.2.